The molecule has 0 aromatic heterocycles. The summed E-state index contributed by atoms with van der Waals surface area (Å²) in [6.07, 6.45) is 2.44. The molecule has 0 bridgehead atoms. The second-order valence-corrected chi connectivity index (χ2v) is 6.10. The third kappa shape index (κ3) is 5.66. The standard InChI is InChI=1S/C15H22BrFN4.HI/c1-2-21-7-3-4-13(21)10-20-15(18)19-9-11-8-12(17)5-6-14(11)16;/h5-6,8,13H,2-4,7,9-10H2,1H3,(H3,18,19,20);1H. The van der Waals surface area contributed by atoms with Crippen LogP contribution in [0, 0.1) is 5.82 Å². The van der Waals surface area contributed by atoms with Gasteiger partial charge in [0.05, 0.1) is 6.54 Å². The Morgan fingerprint density at radius 2 is 2.32 bits per heavy atom. The van der Waals surface area contributed by atoms with Crippen molar-refractivity contribution in [3.63, 3.8) is 0 Å². The number of likely N-dealkylation sites (N-methyl/N-ethyl adjacent to an activating group) is 1. The van der Waals surface area contributed by atoms with Crippen LogP contribution in [0.5, 0.6) is 0 Å². The van der Waals surface area contributed by atoms with Gasteiger partial charge in [-0.25, -0.2) is 9.38 Å². The Morgan fingerprint density at radius 3 is 3.05 bits per heavy atom. The Kier molecular flexibility index (Phi) is 8.63. The highest BCUT2D eigenvalue weighted by Crippen LogP contribution is 2.18. The molecule has 0 saturated carbocycles. The van der Waals surface area contributed by atoms with Crippen molar-refractivity contribution in [1.29, 1.82) is 0 Å². The van der Waals surface area contributed by atoms with E-state index in [1.54, 1.807) is 6.07 Å². The molecule has 0 radical (unpaired) electrons. The van der Waals surface area contributed by atoms with Gasteiger partial charge in [0.2, 0.25) is 0 Å². The molecule has 1 aliphatic rings. The van der Waals surface area contributed by atoms with Gasteiger partial charge < -0.3 is 11.1 Å². The number of nitrogens with one attached hydrogen (secondary N) is 1. The Morgan fingerprint density at radius 1 is 1.55 bits per heavy atom. The zero-order chi connectivity index (χ0) is 15.2. The van der Waals surface area contributed by atoms with E-state index >= 15 is 0 Å². The number of nitrogens with two attached hydrogens (primary N) is 1. The van der Waals surface area contributed by atoms with E-state index in [4.69, 9.17) is 5.73 Å². The molecule has 1 atom stereocenters. The van der Waals surface area contributed by atoms with E-state index in [2.05, 4.69) is 38.1 Å². The van der Waals surface area contributed by atoms with Gasteiger partial charge >= 0.3 is 0 Å². The average molecular weight is 485 g/mol. The summed E-state index contributed by atoms with van der Waals surface area (Å²) in [5.74, 6) is 0.147. The van der Waals surface area contributed by atoms with Crippen LogP contribution in [0.15, 0.2) is 27.7 Å². The first kappa shape index (κ1) is 19.6. The van der Waals surface area contributed by atoms with Crippen molar-refractivity contribution >= 4 is 45.9 Å². The fourth-order valence-corrected chi connectivity index (χ4v) is 3.03. The lowest BCUT2D eigenvalue weighted by atomic mass is 10.2. The molecule has 124 valence electrons. The summed E-state index contributed by atoms with van der Waals surface area (Å²) in [6.45, 7) is 5.58. The van der Waals surface area contributed by atoms with E-state index in [9.17, 15) is 4.39 Å². The number of nitrogens with zero attached hydrogens (tertiary/aromatic N) is 2. The second kappa shape index (κ2) is 9.67. The van der Waals surface area contributed by atoms with E-state index < -0.39 is 0 Å². The van der Waals surface area contributed by atoms with Crippen LogP contribution in [0.1, 0.15) is 25.3 Å². The molecule has 1 fully saturated rings. The Balaban J connectivity index is 0.00000242. The van der Waals surface area contributed by atoms with Gasteiger partial charge in [0.25, 0.3) is 0 Å². The quantitative estimate of drug-likeness (QED) is 0.383. The first-order valence-electron chi connectivity index (χ1n) is 7.32. The van der Waals surface area contributed by atoms with Crippen molar-refractivity contribution < 1.29 is 4.39 Å². The summed E-state index contributed by atoms with van der Waals surface area (Å²) in [4.78, 5) is 6.72. The van der Waals surface area contributed by atoms with Crippen LogP contribution in [0.4, 0.5) is 4.39 Å². The van der Waals surface area contributed by atoms with Crippen LogP contribution in [0.25, 0.3) is 0 Å². The summed E-state index contributed by atoms with van der Waals surface area (Å²) in [7, 11) is 0. The van der Waals surface area contributed by atoms with Gasteiger partial charge in [-0.15, -0.1) is 24.0 Å². The largest absolute Gasteiger partial charge is 0.370 e. The van der Waals surface area contributed by atoms with Crippen LogP contribution in [-0.4, -0.2) is 36.5 Å². The van der Waals surface area contributed by atoms with Crippen molar-refractivity contribution in [2.75, 3.05) is 19.6 Å². The highest BCUT2D eigenvalue weighted by molar-refractivity contribution is 14.0. The Hall–Kier alpha value is -0.410. The van der Waals surface area contributed by atoms with Crippen LogP contribution in [0.3, 0.4) is 0 Å². The van der Waals surface area contributed by atoms with Gasteiger partial charge in [0.1, 0.15) is 5.82 Å². The van der Waals surface area contributed by atoms with E-state index in [1.807, 2.05) is 0 Å². The second-order valence-electron chi connectivity index (χ2n) is 5.24. The van der Waals surface area contributed by atoms with Gasteiger partial charge in [0.15, 0.2) is 5.96 Å². The summed E-state index contributed by atoms with van der Waals surface area (Å²) in [5, 5.41) is 3.17. The van der Waals surface area contributed by atoms with Gasteiger partial charge in [-0.1, -0.05) is 22.9 Å². The minimum atomic E-state index is -0.264. The molecule has 1 unspecified atom stereocenters. The lowest BCUT2D eigenvalue weighted by Crippen LogP contribution is -2.42. The lowest BCUT2D eigenvalue weighted by molar-refractivity contribution is 0.267. The van der Waals surface area contributed by atoms with Crippen LogP contribution < -0.4 is 11.1 Å². The predicted octanol–water partition coefficient (Wildman–Crippen LogP) is 3.09. The molecule has 0 aliphatic carbocycles. The van der Waals surface area contributed by atoms with Crippen molar-refractivity contribution in [1.82, 2.24) is 10.2 Å². The molecule has 7 heteroatoms. The van der Waals surface area contributed by atoms with Gasteiger partial charge in [-0.2, -0.15) is 0 Å². The molecule has 3 N–H and O–H groups in total. The SMILES string of the molecule is CCN1CCCC1CNC(N)=NCc1cc(F)ccc1Br.I. The molecule has 22 heavy (non-hydrogen) atoms. The fraction of sp³-hybridized carbons (Fsp3) is 0.533. The smallest absolute Gasteiger partial charge is 0.188 e. The van der Waals surface area contributed by atoms with Crippen molar-refractivity contribution in [2.45, 2.75) is 32.4 Å². The van der Waals surface area contributed by atoms with E-state index in [-0.39, 0.29) is 29.8 Å². The summed E-state index contributed by atoms with van der Waals surface area (Å²) < 4.78 is 14.0. The van der Waals surface area contributed by atoms with Gasteiger partial charge in [-0.05, 0) is 49.7 Å². The Labute approximate surface area is 156 Å². The maximum absolute atomic E-state index is 13.2. The summed E-state index contributed by atoms with van der Waals surface area (Å²) in [5.41, 5.74) is 6.67. The number of likely N-dealkylation sites (tertiary alicyclic amines) is 1. The van der Waals surface area contributed by atoms with E-state index in [1.165, 1.54) is 25.0 Å². The average Bonchev–Trinajstić information content (AvgIpc) is 2.93. The summed E-state index contributed by atoms with van der Waals surface area (Å²) >= 11 is 3.39. The van der Waals surface area contributed by atoms with Crippen LogP contribution in [0.2, 0.25) is 0 Å². The number of guanidine groups is 1. The number of aliphatic imine (C=N–C) groups is 1. The van der Waals surface area contributed by atoms with Gasteiger partial charge in [0, 0.05) is 17.1 Å². The number of hydrogen-bond acceptors (Lipinski definition) is 2. The molecule has 1 aromatic rings. The molecule has 0 spiro atoms. The first-order valence-corrected chi connectivity index (χ1v) is 8.11. The molecule has 1 aromatic carbocycles. The minimum Gasteiger partial charge on any atom is -0.370 e. The number of halogens is 3. The zero-order valence-corrected chi connectivity index (χ0v) is 16.6. The highest BCUT2D eigenvalue weighted by Gasteiger charge is 2.22. The van der Waals surface area contributed by atoms with E-state index in [0.29, 0.717) is 18.5 Å². The number of hydrogen-bond donors (Lipinski definition) is 2. The zero-order valence-electron chi connectivity index (χ0n) is 12.7. The fourth-order valence-electron chi connectivity index (χ4n) is 2.66. The first-order chi connectivity index (χ1) is 10.1. The third-order valence-electron chi connectivity index (χ3n) is 3.85. The Bertz CT molecular complexity index is 512. The maximum Gasteiger partial charge on any atom is 0.188 e. The lowest BCUT2D eigenvalue weighted by Gasteiger charge is -2.23. The molecule has 4 nitrogen and oxygen atoms in total. The molecule has 2 rings (SSSR count). The molecule has 1 saturated heterocycles. The van der Waals surface area contributed by atoms with E-state index in [0.717, 1.165) is 29.7 Å². The van der Waals surface area contributed by atoms with Gasteiger partial charge in [-0.3, -0.25) is 4.90 Å². The monoisotopic (exact) mass is 484 g/mol. The molecule has 1 heterocycles. The highest BCUT2D eigenvalue weighted by atomic mass is 127. The number of benzene rings is 1. The topological polar surface area (TPSA) is 53.6 Å². The van der Waals surface area contributed by atoms with Crippen molar-refractivity contribution in [3.05, 3.63) is 34.1 Å². The molecular weight excluding hydrogens is 462 g/mol. The normalized spacial score (nSPS) is 19.0. The molecule has 1 aliphatic heterocycles. The van der Waals surface area contributed by atoms with Crippen molar-refractivity contribution in [3.8, 4) is 0 Å². The molecular formula is C15H23BrFIN4. The number of rotatable bonds is 5. The van der Waals surface area contributed by atoms with Crippen LogP contribution >= 0.6 is 39.9 Å². The van der Waals surface area contributed by atoms with Crippen molar-refractivity contribution in [2.24, 2.45) is 10.7 Å². The predicted molar refractivity (Wildman–Crippen MR) is 103 cm³/mol. The summed E-state index contributed by atoms with van der Waals surface area (Å²) in [6, 6.07) is 5.10. The third-order valence-corrected chi connectivity index (χ3v) is 4.63. The van der Waals surface area contributed by atoms with Crippen LogP contribution in [-0.2, 0) is 6.54 Å². The molecule has 0 amide bonds. The maximum atomic E-state index is 13.2. The minimum absolute atomic E-state index is 0.